The molecule has 0 radical (unpaired) electrons. The first kappa shape index (κ1) is 16.7. The number of aliphatic imine (C=N–C) groups is 1. The van der Waals surface area contributed by atoms with Crippen molar-refractivity contribution in [3.8, 4) is 0 Å². The van der Waals surface area contributed by atoms with Crippen molar-refractivity contribution in [3.05, 3.63) is 42.4 Å². The summed E-state index contributed by atoms with van der Waals surface area (Å²) in [6, 6.07) is 6.30. The van der Waals surface area contributed by atoms with Gasteiger partial charge in [-0.2, -0.15) is 0 Å². The van der Waals surface area contributed by atoms with E-state index in [1.807, 2.05) is 28.8 Å². The summed E-state index contributed by atoms with van der Waals surface area (Å²) in [6.07, 6.45) is 8.47. The summed E-state index contributed by atoms with van der Waals surface area (Å²) in [5.74, 6) is 1.67. The second-order valence-electron chi connectivity index (χ2n) is 5.02. The van der Waals surface area contributed by atoms with Crippen molar-refractivity contribution in [2.24, 2.45) is 4.99 Å². The van der Waals surface area contributed by atoms with Crippen LogP contribution in [0.25, 0.3) is 5.65 Å². The molecule has 2 aromatic heterocycles. The molecule has 0 saturated carbocycles. The van der Waals surface area contributed by atoms with Crippen LogP contribution >= 0.6 is 24.0 Å². The molecule has 0 saturated heterocycles. The number of fused-ring (bicyclic) bond motifs is 1. The molecule has 0 aromatic carbocycles. The zero-order valence-corrected chi connectivity index (χ0v) is 14.9. The highest BCUT2D eigenvalue weighted by atomic mass is 127. The lowest BCUT2D eigenvalue weighted by Gasteiger charge is -2.16. The lowest BCUT2D eigenvalue weighted by molar-refractivity contribution is 0.632. The van der Waals surface area contributed by atoms with Crippen LogP contribution in [0, 0.1) is 0 Å². The van der Waals surface area contributed by atoms with Gasteiger partial charge in [0.2, 0.25) is 0 Å². The lowest BCUT2D eigenvalue weighted by Crippen LogP contribution is -2.42. The van der Waals surface area contributed by atoms with Gasteiger partial charge in [-0.15, -0.1) is 34.2 Å². The topological polar surface area (TPSA) is 66.6 Å². The molecule has 0 amide bonds. The molecule has 22 heavy (non-hydrogen) atoms. The van der Waals surface area contributed by atoms with E-state index in [1.54, 1.807) is 0 Å². The number of guanidine groups is 1. The van der Waals surface area contributed by atoms with Gasteiger partial charge in [-0.25, -0.2) is 4.99 Å². The predicted octanol–water partition coefficient (Wildman–Crippen LogP) is 2.12. The van der Waals surface area contributed by atoms with Crippen LogP contribution in [0.1, 0.15) is 25.6 Å². The van der Waals surface area contributed by atoms with Gasteiger partial charge in [0.05, 0.1) is 0 Å². The summed E-state index contributed by atoms with van der Waals surface area (Å²) in [5, 5.41) is 15.1. The second kappa shape index (κ2) is 8.11. The van der Waals surface area contributed by atoms with Crippen LogP contribution in [-0.4, -0.2) is 33.1 Å². The molecule has 0 aliphatic heterocycles. The van der Waals surface area contributed by atoms with Gasteiger partial charge in [-0.1, -0.05) is 18.2 Å². The Morgan fingerprint density at radius 2 is 2.14 bits per heavy atom. The Kier molecular flexibility index (Phi) is 6.17. The smallest absolute Gasteiger partial charge is 0.191 e. The van der Waals surface area contributed by atoms with E-state index in [0.29, 0.717) is 12.6 Å². The minimum atomic E-state index is 0. The van der Waals surface area contributed by atoms with Gasteiger partial charge in [0.15, 0.2) is 17.4 Å². The molecular formula is C15H21IN6. The van der Waals surface area contributed by atoms with E-state index in [2.05, 4.69) is 44.9 Å². The Hall–Kier alpha value is -1.64. The Balaban J connectivity index is 0.00000176. The van der Waals surface area contributed by atoms with Crippen LogP contribution in [0.2, 0.25) is 0 Å². The van der Waals surface area contributed by atoms with E-state index in [-0.39, 0.29) is 24.0 Å². The zero-order chi connectivity index (χ0) is 14.5. The summed E-state index contributed by atoms with van der Waals surface area (Å²) < 4.78 is 1.96. The van der Waals surface area contributed by atoms with Crippen molar-refractivity contribution in [1.82, 2.24) is 25.2 Å². The van der Waals surface area contributed by atoms with E-state index in [9.17, 15) is 0 Å². The fourth-order valence-corrected chi connectivity index (χ4v) is 2.40. The fourth-order valence-electron chi connectivity index (χ4n) is 2.40. The Morgan fingerprint density at radius 3 is 2.91 bits per heavy atom. The number of hydrogen-bond acceptors (Lipinski definition) is 3. The first-order valence-corrected chi connectivity index (χ1v) is 7.35. The minimum Gasteiger partial charge on any atom is -0.357 e. The molecule has 3 rings (SSSR count). The van der Waals surface area contributed by atoms with Gasteiger partial charge in [0.25, 0.3) is 0 Å². The number of hydrogen-bond donors (Lipinski definition) is 2. The Bertz CT molecular complexity index is 655. The molecule has 0 atom stereocenters. The summed E-state index contributed by atoms with van der Waals surface area (Å²) >= 11 is 0. The summed E-state index contributed by atoms with van der Waals surface area (Å²) in [7, 11) is 0. The quantitative estimate of drug-likeness (QED) is 0.350. The third-order valence-corrected chi connectivity index (χ3v) is 3.46. The van der Waals surface area contributed by atoms with Gasteiger partial charge in [-0.3, -0.25) is 4.40 Å². The number of nitrogens with zero attached hydrogens (tertiary/aromatic N) is 4. The van der Waals surface area contributed by atoms with Gasteiger partial charge < -0.3 is 10.6 Å². The molecule has 6 nitrogen and oxygen atoms in total. The number of halogens is 1. The zero-order valence-electron chi connectivity index (χ0n) is 12.6. The van der Waals surface area contributed by atoms with E-state index in [4.69, 9.17) is 0 Å². The van der Waals surface area contributed by atoms with Crippen LogP contribution in [0.4, 0.5) is 0 Å². The van der Waals surface area contributed by atoms with Crippen LogP contribution in [0.15, 0.2) is 41.5 Å². The van der Waals surface area contributed by atoms with Crippen LogP contribution < -0.4 is 10.6 Å². The average molecular weight is 412 g/mol. The maximum absolute atomic E-state index is 4.61. The summed E-state index contributed by atoms with van der Waals surface area (Å²) in [6.45, 7) is 3.41. The molecule has 0 bridgehead atoms. The largest absolute Gasteiger partial charge is 0.357 e. The number of aromatic nitrogens is 3. The maximum Gasteiger partial charge on any atom is 0.191 e. The maximum atomic E-state index is 4.61. The Morgan fingerprint density at radius 1 is 1.32 bits per heavy atom. The SMILES string of the molecule is CCNC(=NCc1nnc2ccccn12)NC1CC=CC1.I. The van der Waals surface area contributed by atoms with Crippen molar-refractivity contribution >= 4 is 35.6 Å². The van der Waals surface area contributed by atoms with Crippen LogP contribution in [0.5, 0.6) is 0 Å². The molecule has 0 spiro atoms. The first-order valence-electron chi connectivity index (χ1n) is 7.35. The highest BCUT2D eigenvalue weighted by Crippen LogP contribution is 2.09. The molecule has 2 aromatic rings. The Labute approximate surface area is 147 Å². The second-order valence-corrected chi connectivity index (χ2v) is 5.02. The van der Waals surface area contributed by atoms with Gasteiger partial charge in [0.1, 0.15) is 6.54 Å². The molecule has 1 aliphatic rings. The average Bonchev–Trinajstić information content (AvgIpc) is 3.14. The highest BCUT2D eigenvalue weighted by Gasteiger charge is 2.12. The molecule has 0 fully saturated rings. The molecule has 7 heteroatoms. The van der Waals surface area contributed by atoms with Crippen molar-refractivity contribution < 1.29 is 0 Å². The molecule has 1 aliphatic carbocycles. The third kappa shape index (κ3) is 3.96. The lowest BCUT2D eigenvalue weighted by atomic mass is 10.2. The number of rotatable bonds is 4. The fraction of sp³-hybridized carbons (Fsp3) is 0.400. The van der Waals surface area contributed by atoms with Gasteiger partial charge >= 0.3 is 0 Å². The van der Waals surface area contributed by atoms with Gasteiger partial charge in [-0.05, 0) is 31.9 Å². The first-order chi connectivity index (χ1) is 10.4. The molecule has 2 heterocycles. The van der Waals surface area contributed by atoms with Crippen LogP contribution in [0.3, 0.4) is 0 Å². The highest BCUT2D eigenvalue weighted by molar-refractivity contribution is 14.0. The van der Waals surface area contributed by atoms with E-state index in [1.165, 1.54) is 0 Å². The minimum absolute atomic E-state index is 0. The van der Waals surface area contributed by atoms with Crippen molar-refractivity contribution in [2.75, 3.05) is 6.54 Å². The predicted molar refractivity (Wildman–Crippen MR) is 98.5 cm³/mol. The number of nitrogens with one attached hydrogen (secondary N) is 2. The third-order valence-electron chi connectivity index (χ3n) is 3.46. The molecule has 118 valence electrons. The van der Waals surface area contributed by atoms with Gasteiger partial charge in [0, 0.05) is 18.8 Å². The van der Waals surface area contributed by atoms with Crippen molar-refractivity contribution in [1.29, 1.82) is 0 Å². The van der Waals surface area contributed by atoms with Crippen molar-refractivity contribution in [2.45, 2.75) is 32.4 Å². The number of pyridine rings is 1. The molecule has 0 unspecified atom stereocenters. The monoisotopic (exact) mass is 412 g/mol. The van der Waals surface area contributed by atoms with E-state index >= 15 is 0 Å². The molecular weight excluding hydrogens is 391 g/mol. The normalized spacial score (nSPS) is 15.0. The van der Waals surface area contributed by atoms with Crippen LogP contribution in [-0.2, 0) is 6.54 Å². The van der Waals surface area contributed by atoms with E-state index in [0.717, 1.165) is 36.8 Å². The summed E-state index contributed by atoms with van der Waals surface area (Å²) in [5.41, 5.74) is 0.848. The van der Waals surface area contributed by atoms with Crippen molar-refractivity contribution in [3.63, 3.8) is 0 Å². The standard InChI is InChI=1S/C15H20N6.HI/c1-2-16-15(18-12-7-3-4-8-12)17-11-14-20-19-13-9-5-6-10-21(13)14;/h3-6,9-10,12H,2,7-8,11H2,1H3,(H2,16,17,18);1H. The van der Waals surface area contributed by atoms with E-state index < -0.39 is 0 Å². The summed E-state index contributed by atoms with van der Waals surface area (Å²) in [4.78, 5) is 4.61. The molecule has 2 N–H and O–H groups in total.